The second-order valence-electron chi connectivity index (χ2n) is 6.18. The van der Waals surface area contributed by atoms with Gasteiger partial charge in [-0.1, -0.05) is 29.8 Å². The lowest BCUT2D eigenvalue weighted by Gasteiger charge is -2.06. The lowest BCUT2D eigenvalue weighted by Crippen LogP contribution is -2.06. The molecule has 26 heavy (non-hydrogen) atoms. The monoisotopic (exact) mass is 363 g/mol. The van der Waals surface area contributed by atoms with Crippen LogP contribution in [0.4, 0.5) is 11.4 Å². The van der Waals surface area contributed by atoms with E-state index in [0.717, 1.165) is 40.7 Å². The van der Waals surface area contributed by atoms with Crippen molar-refractivity contribution in [2.45, 2.75) is 13.0 Å². The summed E-state index contributed by atoms with van der Waals surface area (Å²) in [5, 5.41) is 4.02. The summed E-state index contributed by atoms with van der Waals surface area (Å²) in [6.45, 7) is 0.618. The molecule has 0 atom stereocenters. The topological polar surface area (TPSA) is 59.6 Å². The number of benzene rings is 3. The summed E-state index contributed by atoms with van der Waals surface area (Å²) in [6, 6.07) is 21.2. The Morgan fingerprint density at radius 1 is 0.962 bits per heavy atom. The molecule has 3 aromatic carbocycles. The molecular formula is C21H18ClN3O. The molecule has 0 saturated heterocycles. The average molecular weight is 364 g/mol. The van der Waals surface area contributed by atoms with E-state index in [1.54, 1.807) is 0 Å². The van der Waals surface area contributed by atoms with Gasteiger partial charge in [-0.15, -0.1) is 0 Å². The van der Waals surface area contributed by atoms with Gasteiger partial charge >= 0.3 is 0 Å². The Morgan fingerprint density at radius 3 is 2.38 bits per heavy atom. The molecule has 0 aliphatic carbocycles. The summed E-state index contributed by atoms with van der Waals surface area (Å²) in [6.07, 6.45) is 0.813. The summed E-state index contributed by atoms with van der Waals surface area (Å²) in [5.41, 5.74) is 9.98. The van der Waals surface area contributed by atoms with E-state index in [0.29, 0.717) is 11.6 Å². The van der Waals surface area contributed by atoms with Crippen LogP contribution < -0.4 is 15.8 Å². The van der Waals surface area contributed by atoms with Crippen LogP contribution in [0.3, 0.4) is 0 Å². The van der Waals surface area contributed by atoms with Crippen molar-refractivity contribution in [1.29, 1.82) is 0 Å². The Morgan fingerprint density at radius 2 is 1.65 bits per heavy atom. The fourth-order valence-electron chi connectivity index (χ4n) is 2.83. The molecule has 1 aliphatic rings. The van der Waals surface area contributed by atoms with Gasteiger partial charge in [-0.05, 0) is 59.7 Å². The quantitative estimate of drug-likeness (QED) is 0.620. The number of fused-ring (bicyclic) bond motifs is 1. The van der Waals surface area contributed by atoms with Crippen LogP contribution in [0.15, 0.2) is 71.7 Å². The number of hydrogen-bond acceptors (Lipinski definition) is 3. The highest BCUT2D eigenvalue weighted by Crippen LogP contribution is 2.26. The number of nitrogens with one attached hydrogen (secondary N) is 1. The van der Waals surface area contributed by atoms with E-state index < -0.39 is 0 Å². The van der Waals surface area contributed by atoms with Gasteiger partial charge < -0.3 is 15.8 Å². The Balaban J connectivity index is 1.38. The predicted molar refractivity (Wildman–Crippen MR) is 107 cm³/mol. The van der Waals surface area contributed by atoms with Gasteiger partial charge in [0, 0.05) is 22.8 Å². The number of rotatable bonds is 4. The van der Waals surface area contributed by atoms with Crippen LogP contribution in [0.5, 0.6) is 11.5 Å². The van der Waals surface area contributed by atoms with E-state index in [4.69, 9.17) is 22.1 Å². The summed E-state index contributed by atoms with van der Waals surface area (Å²) < 4.78 is 5.80. The van der Waals surface area contributed by atoms with E-state index >= 15 is 0 Å². The maximum atomic E-state index is 5.88. The predicted octanol–water partition coefficient (Wildman–Crippen LogP) is 5.28. The maximum absolute atomic E-state index is 5.88. The van der Waals surface area contributed by atoms with Gasteiger partial charge in [0.15, 0.2) is 0 Å². The molecule has 1 heterocycles. The van der Waals surface area contributed by atoms with Crippen LogP contribution in [-0.2, 0) is 13.0 Å². The van der Waals surface area contributed by atoms with E-state index in [-0.39, 0.29) is 0 Å². The Bertz CT molecular complexity index is 950. The largest absolute Gasteiger partial charge is 0.457 e. The number of nitrogen functional groups attached to an aromatic ring is 1. The second kappa shape index (κ2) is 7.10. The third kappa shape index (κ3) is 3.81. The van der Waals surface area contributed by atoms with Gasteiger partial charge in [-0.2, -0.15) is 0 Å². The molecule has 0 aromatic heterocycles. The zero-order valence-electron chi connectivity index (χ0n) is 14.1. The van der Waals surface area contributed by atoms with Gasteiger partial charge in [0.1, 0.15) is 17.3 Å². The van der Waals surface area contributed by atoms with E-state index in [1.807, 2.05) is 66.7 Å². The van der Waals surface area contributed by atoms with Gasteiger partial charge in [-0.3, -0.25) is 4.99 Å². The third-order valence-corrected chi connectivity index (χ3v) is 4.45. The maximum Gasteiger partial charge on any atom is 0.127 e. The van der Waals surface area contributed by atoms with Crippen LogP contribution in [0.1, 0.15) is 11.1 Å². The van der Waals surface area contributed by atoms with E-state index in [9.17, 15) is 0 Å². The molecule has 4 rings (SSSR count). The molecule has 5 heteroatoms. The summed E-state index contributed by atoms with van der Waals surface area (Å²) in [5.74, 6) is 2.51. The molecule has 0 radical (unpaired) electrons. The Hall–Kier alpha value is -2.98. The molecule has 3 N–H and O–H groups in total. The standard InChI is InChI=1S/C21H18ClN3O/c22-16-4-9-19(10-5-16)26-18-7-1-14(2-8-18)13-24-21-11-15-3-6-17(23)12-20(15)25-21/h1-10,12H,11,13,23H2,(H,24,25). The molecule has 1 aliphatic heterocycles. The highest BCUT2D eigenvalue weighted by atomic mass is 35.5. The van der Waals surface area contributed by atoms with Crippen molar-refractivity contribution in [2.75, 3.05) is 11.1 Å². The smallest absolute Gasteiger partial charge is 0.127 e. The van der Waals surface area contributed by atoms with E-state index in [2.05, 4.69) is 10.3 Å². The molecule has 0 saturated carbocycles. The SMILES string of the molecule is Nc1ccc2c(c1)NC(=NCc1ccc(Oc3ccc(Cl)cc3)cc1)C2. The normalized spacial score (nSPS) is 14.1. The average Bonchev–Trinajstić information content (AvgIpc) is 3.05. The number of aliphatic imine (C=N–C) groups is 1. The summed E-state index contributed by atoms with van der Waals surface area (Å²) in [7, 11) is 0. The number of nitrogens with zero attached hydrogens (tertiary/aromatic N) is 1. The van der Waals surface area contributed by atoms with Crippen molar-refractivity contribution in [3.8, 4) is 11.5 Å². The second-order valence-corrected chi connectivity index (χ2v) is 6.62. The first-order valence-corrected chi connectivity index (χ1v) is 8.75. The highest BCUT2D eigenvalue weighted by molar-refractivity contribution is 6.30. The van der Waals surface area contributed by atoms with Crippen molar-refractivity contribution >= 4 is 28.8 Å². The molecule has 0 bridgehead atoms. The zero-order chi connectivity index (χ0) is 17.9. The van der Waals surface area contributed by atoms with Gasteiger partial charge in [0.25, 0.3) is 0 Å². The molecule has 3 aromatic rings. The van der Waals surface area contributed by atoms with Crippen molar-refractivity contribution in [3.05, 3.63) is 82.9 Å². The van der Waals surface area contributed by atoms with E-state index in [1.165, 1.54) is 5.56 Å². The minimum absolute atomic E-state index is 0.618. The van der Waals surface area contributed by atoms with Gasteiger partial charge in [0.05, 0.1) is 6.54 Å². The number of amidine groups is 1. The van der Waals surface area contributed by atoms with Crippen LogP contribution in [0, 0.1) is 0 Å². The first kappa shape index (κ1) is 16.5. The molecule has 0 unspecified atom stereocenters. The van der Waals surface area contributed by atoms with Crippen LogP contribution in [-0.4, -0.2) is 5.84 Å². The molecule has 4 nitrogen and oxygen atoms in total. The number of nitrogens with two attached hydrogens (primary N) is 1. The molecule has 130 valence electrons. The Labute approximate surface area is 157 Å². The third-order valence-electron chi connectivity index (χ3n) is 4.20. The number of halogens is 1. The first-order chi connectivity index (χ1) is 12.7. The summed E-state index contributed by atoms with van der Waals surface area (Å²) in [4.78, 5) is 4.67. The molecular weight excluding hydrogens is 346 g/mol. The summed E-state index contributed by atoms with van der Waals surface area (Å²) >= 11 is 5.88. The van der Waals surface area contributed by atoms with Gasteiger partial charge in [-0.25, -0.2) is 0 Å². The zero-order valence-corrected chi connectivity index (χ0v) is 14.8. The van der Waals surface area contributed by atoms with Crippen LogP contribution in [0.25, 0.3) is 0 Å². The number of anilines is 2. The van der Waals surface area contributed by atoms with Crippen molar-refractivity contribution in [2.24, 2.45) is 4.99 Å². The number of hydrogen-bond donors (Lipinski definition) is 2. The fourth-order valence-corrected chi connectivity index (χ4v) is 2.95. The minimum Gasteiger partial charge on any atom is -0.457 e. The number of ether oxygens (including phenoxy) is 1. The van der Waals surface area contributed by atoms with Gasteiger partial charge in [0.2, 0.25) is 0 Å². The van der Waals surface area contributed by atoms with Crippen LogP contribution in [0.2, 0.25) is 5.02 Å². The molecule has 0 spiro atoms. The molecule has 0 amide bonds. The lowest BCUT2D eigenvalue weighted by atomic mass is 10.1. The highest BCUT2D eigenvalue weighted by Gasteiger charge is 2.15. The fraction of sp³-hybridized carbons (Fsp3) is 0.0952. The molecule has 0 fully saturated rings. The van der Waals surface area contributed by atoms with Crippen LogP contribution >= 0.6 is 11.6 Å². The first-order valence-electron chi connectivity index (χ1n) is 8.37. The Kier molecular flexibility index (Phi) is 4.50. The van der Waals surface area contributed by atoms with Crippen molar-refractivity contribution < 1.29 is 4.74 Å². The lowest BCUT2D eigenvalue weighted by molar-refractivity contribution is 0.482. The minimum atomic E-state index is 0.618. The van der Waals surface area contributed by atoms with Crippen molar-refractivity contribution in [1.82, 2.24) is 0 Å². The van der Waals surface area contributed by atoms with Crippen molar-refractivity contribution in [3.63, 3.8) is 0 Å².